The fourth-order valence-corrected chi connectivity index (χ4v) is 3.06. The van der Waals surface area contributed by atoms with Crippen LogP contribution >= 0.6 is 0 Å². The molecule has 0 bridgehead atoms. The third-order valence-corrected chi connectivity index (χ3v) is 4.32. The van der Waals surface area contributed by atoms with Gasteiger partial charge in [0.2, 0.25) is 5.91 Å². The van der Waals surface area contributed by atoms with E-state index >= 15 is 0 Å². The fourth-order valence-electron chi connectivity index (χ4n) is 3.06. The maximum absolute atomic E-state index is 11.2. The largest absolute Gasteiger partial charge is 0.369 e. The lowest BCUT2D eigenvalue weighted by Gasteiger charge is -2.27. The maximum Gasteiger partial charge on any atom is 0.231 e. The first kappa shape index (κ1) is 17.0. The molecular weight excluding hydrogens is 274 g/mol. The highest BCUT2D eigenvalue weighted by Gasteiger charge is 2.14. The van der Waals surface area contributed by atoms with Crippen LogP contribution in [0.1, 0.15) is 44.2 Å². The number of likely N-dealkylation sites (tertiary alicyclic amines) is 1. The minimum atomic E-state index is -0.266. The molecular formula is C18H29N3O. The summed E-state index contributed by atoms with van der Waals surface area (Å²) in [6.07, 6.45) is 4.01. The van der Waals surface area contributed by atoms with E-state index in [4.69, 9.17) is 5.73 Å². The molecule has 1 saturated heterocycles. The monoisotopic (exact) mass is 303 g/mol. The second kappa shape index (κ2) is 8.30. The normalized spacial score (nSPS) is 16.4. The molecule has 1 aromatic rings. The molecule has 1 amide bonds. The quantitative estimate of drug-likeness (QED) is 0.841. The highest BCUT2D eigenvalue weighted by molar-refractivity contribution is 5.75. The number of nitrogens with zero attached hydrogens (tertiary/aromatic N) is 2. The topological polar surface area (TPSA) is 49.6 Å². The Morgan fingerprint density at radius 1 is 1.23 bits per heavy atom. The van der Waals surface area contributed by atoms with Crippen molar-refractivity contribution >= 4 is 5.91 Å². The number of amides is 1. The summed E-state index contributed by atoms with van der Waals surface area (Å²) in [6.45, 7) is 8.74. The lowest BCUT2D eigenvalue weighted by molar-refractivity contribution is -0.119. The van der Waals surface area contributed by atoms with Gasteiger partial charge in [-0.05, 0) is 50.9 Å². The predicted molar refractivity (Wildman–Crippen MR) is 90.3 cm³/mol. The highest BCUT2D eigenvalue weighted by atomic mass is 16.1. The zero-order chi connectivity index (χ0) is 15.9. The molecule has 22 heavy (non-hydrogen) atoms. The lowest BCUT2D eigenvalue weighted by atomic mass is 10.1. The first-order valence-corrected chi connectivity index (χ1v) is 8.37. The molecule has 0 radical (unpaired) electrons. The number of hydrogen-bond acceptors (Lipinski definition) is 3. The van der Waals surface area contributed by atoms with Crippen molar-refractivity contribution in [3.05, 3.63) is 35.4 Å². The number of carbonyl (C=O) groups is 1. The Kier molecular flexibility index (Phi) is 6.40. The fraction of sp³-hybridized carbons (Fsp3) is 0.611. The van der Waals surface area contributed by atoms with Gasteiger partial charge in [0.1, 0.15) is 0 Å². The molecule has 4 nitrogen and oxygen atoms in total. The van der Waals surface area contributed by atoms with Crippen molar-refractivity contribution in [2.24, 2.45) is 5.73 Å². The van der Waals surface area contributed by atoms with Gasteiger partial charge >= 0.3 is 0 Å². The second-order valence-electron chi connectivity index (χ2n) is 6.62. The molecule has 1 fully saturated rings. The number of nitrogens with two attached hydrogens (primary N) is 1. The van der Waals surface area contributed by atoms with Gasteiger partial charge in [0, 0.05) is 19.1 Å². The van der Waals surface area contributed by atoms with Crippen molar-refractivity contribution in [3.63, 3.8) is 0 Å². The molecule has 122 valence electrons. The molecule has 1 heterocycles. The van der Waals surface area contributed by atoms with E-state index in [2.05, 4.69) is 47.9 Å². The predicted octanol–water partition coefficient (Wildman–Crippen LogP) is 2.37. The van der Waals surface area contributed by atoms with Crippen molar-refractivity contribution in [2.75, 3.05) is 19.6 Å². The van der Waals surface area contributed by atoms with E-state index in [1.807, 2.05) is 0 Å². The van der Waals surface area contributed by atoms with Crippen molar-refractivity contribution in [3.8, 4) is 0 Å². The van der Waals surface area contributed by atoms with Crippen molar-refractivity contribution < 1.29 is 4.79 Å². The smallest absolute Gasteiger partial charge is 0.231 e. The van der Waals surface area contributed by atoms with E-state index in [-0.39, 0.29) is 5.91 Å². The Bertz CT molecular complexity index is 481. The molecule has 1 aromatic carbocycles. The van der Waals surface area contributed by atoms with Crippen LogP contribution in [0.25, 0.3) is 0 Å². The Morgan fingerprint density at radius 2 is 1.91 bits per heavy atom. The summed E-state index contributed by atoms with van der Waals surface area (Å²) in [5.74, 6) is -0.266. The molecule has 1 aliphatic heterocycles. The van der Waals surface area contributed by atoms with Crippen molar-refractivity contribution in [1.29, 1.82) is 0 Å². The first-order valence-electron chi connectivity index (χ1n) is 8.37. The van der Waals surface area contributed by atoms with Gasteiger partial charge in [0.25, 0.3) is 0 Å². The molecule has 0 saturated carbocycles. The van der Waals surface area contributed by atoms with Gasteiger partial charge < -0.3 is 5.73 Å². The molecule has 1 aliphatic rings. The molecule has 0 unspecified atom stereocenters. The van der Waals surface area contributed by atoms with Gasteiger partial charge in [-0.25, -0.2) is 0 Å². The average Bonchev–Trinajstić information content (AvgIpc) is 2.47. The van der Waals surface area contributed by atoms with Crippen molar-refractivity contribution in [1.82, 2.24) is 9.80 Å². The van der Waals surface area contributed by atoms with Crippen LogP contribution in [-0.2, 0) is 17.9 Å². The van der Waals surface area contributed by atoms with Crippen LogP contribution in [0.3, 0.4) is 0 Å². The van der Waals surface area contributed by atoms with Gasteiger partial charge in [-0.1, -0.05) is 30.7 Å². The van der Waals surface area contributed by atoms with E-state index in [0.717, 1.165) is 13.1 Å². The zero-order valence-electron chi connectivity index (χ0n) is 13.9. The molecule has 0 spiro atoms. The minimum absolute atomic E-state index is 0.266. The van der Waals surface area contributed by atoms with Crippen LogP contribution in [0.2, 0.25) is 0 Å². The Balaban J connectivity index is 1.98. The molecule has 4 heteroatoms. The van der Waals surface area contributed by atoms with Crippen molar-refractivity contribution in [2.45, 2.75) is 52.2 Å². The molecule has 2 N–H and O–H groups in total. The van der Waals surface area contributed by atoms with Crippen LogP contribution < -0.4 is 5.73 Å². The summed E-state index contributed by atoms with van der Waals surface area (Å²) >= 11 is 0. The average molecular weight is 303 g/mol. The third-order valence-electron chi connectivity index (χ3n) is 4.32. The minimum Gasteiger partial charge on any atom is -0.369 e. The summed E-state index contributed by atoms with van der Waals surface area (Å²) < 4.78 is 0. The number of carbonyl (C=O) groups excluding carboxylic acids is 1. The van der Waals surface area contributed by atoms with E-state index in [9.17, 15) is 4.79 Å². The maximum atomic E-state index is 11.2. The summed E-state index contributed by atoms with van der Waals surface area (Å²) in [6, 6.07) is 9.03. The van der Waals surface area contributed by atoms with Crippen LogP contribution in [0.5, 0.6) is 0 Å². The summed E-state index contributed by atoms with van der Waals surface area (Å²) in [4.78, 5) is 15.9. The number of piperidine rings is 1. The first-order chi connectivity index (χ1) is 10.5. The van der Waals surface area contributed by atoms with Gasteiger partial charge in [-0.15, -0.1) is 0 Å². The number of primary amides is 1. The number of rotatable bonds is 7. The standard InChI is InChI=1S/C18H29N3O/c1-15(2)21(14-18(19)22)13-17-8-6-7-16(11-17)12-20-9-4-3-5-10-20/h6-8,11,15H,3-5,9-10,12-14H2,1-2H3,(H2,19,22). The molecule has 0 aliphatic carbocycles. The van der Waals surface area contributed by atoms with Crippen LogP contribution in [0.15, 0.2) is 24.3 Å². The van der Waals surface area contributed by atoms with Crippen LogP contribution in [-0.4, -0.2) is 41.4 Å². The summed E-state index contributed by atoms with van der Waals surface area (Å²) in [5.41, 5.74) is 7.97. The number of benzene rings is 1. The van der Waals surface area contributed by atoms with E-state index in [1.165, 1.54) is 43.5 Å². The summed E-state index contributed by atoms with van der Waals surface area (Å²) in [5, 5.41) is 0. The lowest BCUT2D eigenvalue weighted by Crippen LogP contribution is -2.38. The van der Waals surface area contributed by atoms with E-state index < -0.39 is 0 Å². The summed E-state index contributed by atoms with van der Waals surface area (Å²) in [7, 11) is 0. The number of hydrogen-bond donors (Lipinski definition) is 1. The Morgan fingerprint density at radius 3 is 2.55 bits per heavy atom. The van der Waals surface area contributed by atoms with Crippen LogP contribution in [0.4, 0.5) is 0 Å². The Labute approximate surface area is 134 Å². The van der Waals surface area contributed by atoms with Gasteiger partial charge in [0.05, 0.1) is 6.54 Å². The van der Waals surface area contributed by atoms with Crippen LogP contribution in [0, 0.1) is 0 Å². The molecule has 2 rings (SSSR count). The van der Waals surface area contributed by atoms with Gasteiger partial charge in [-0.2, -0.15) is 0 Å². The third kappa shape index (κ3) is 5.43. The molecule has 0 aromatic heterocycles. The highest BCUT2D eigenvalue weighted by Crippen LogP contribution is 2.15. The van der Waals surface area contributed by atoms with E-state index in [1.54, 1.807) is 0 Å². The van der Waals surface area contributed by atoms with Gasteiger partial charge in [0.15, 0.2) is 0 Å². The van der Waals surface area contributed by atoms with E-state index in [0.29, 0.717) is 12.6 Å². The second-order valence-corrected chi connectivity index (χ2v) is 6.62. The van der Waals surface area contributed by atoms with Gasteiger partial charge in [-0.3, -0.25) is 14.6 Å². The Hall–Kier alpha value is -1.39. The zero-order valence-corrected chi connectivity index (χ0v) is 13.9. The molecule has 0 atom stereocenters. The SMILES string of the molecule is CC(C)N(CC(N)=O)Cc1cccc(CN2CCCCC2)c1.